The topological polar surface area (TPSA) is 52.3 Å². The first kappa shape index (κ1) is 12.6. The molecule has 0 unspecified atom stereocenters. The molecule has 2 aromatic rings. The molecule has 0 aliphatic carbocycles. The van der Waals surface area contributed by atoms with Crippen LogP contribution in [-0.2, 0) is 0 Å². The molecule has 0 fully saturated rings. The molecule has 0 N–H and O–H groups in total. The lowest BCUT2D eigenvalue weighted by Crippen LogP contribution is -2.05. The Labute approximate surface area is 114 Å². The van der Waals surface area contributed by atoms with Gasteiger partial charge in [-0.15, -0.1) is 0 Å². The monoisotopic (exact) mass is 361 g/mol. The summed E-state index contributed by atoms with van der Waals surface area (Å²) in [6, 6.07) is 5.37. The number of rotatable bonds is 3. The number of halogens is 2. The van der Waals surface area contributed by atoms with Crippen molar-refractivity contribution >= 4 is 42.8 Å². The van der Waals surface area contributed by atoms with Gasteiger partial charge in [-0.3, -0.25) is 0 Å². The number of nitrogens with zero attached hydrogens (tertiary/aromatic N) is 1. The fraction of sp³-hybridized carbons (Fsp3) is 0.273. The number of hydrogen-bond acceptors (Lipinski definition) is 4. The highest BCUT2D eigenvalue weighted by Gasteiger charge is 2.10. The highest BCUT2D eigenvalue weighted by atomic mass is 79.9. The number of fused-ring (bicyclic) bond motifs is 1. The molecule has 1 aromatic heterocycles. The Hall–Kier alpha value is -0.880. The van der Waals surface area contributed by atoms with Crippen molar-refractivity contribution < 1.29 is 9.15 Å². The molecule has 0 atom stereocenters. The summed E-state index contributed by atoms with van der Waals surface area (Å²) in [4.78, 5) is 15.8. The minimum absolute atomic E-state index is 0.00647. The summed E-state index contributed by atoms with van der Waals surface area (Å²) >= 11 is 6.74. The van der Waals surface area contributed by atoms with E-state index in [0.717, 1.165) is 5.56 Å². The summed E-state index contributed by atoms with van der Waals surface area (Å²) in [6.45, 7) is 2.21. The number of alkyl halides is 2. The molecule has 0 saturated carbocycles. The first-order valence-corrected chi connectivity index (χ1v) is 6.80. The average Bonchev–Trinajstić information content (AvgIpc) is 2.29. The largest absolute Gasteiger partial charge is 0.450 e. The van der Waals surface area contributed by atoms with Crippen molar-refractivity contribution in [1.82, 2.24) is 4.98 Å². The Morgan fingerprint density at radius 1 is 1.47 bits per heavy atom. The normalized spacial score (nSPS) is 11.1. The van der Waals surface area contributed by atoms with Gasteiger partial charge in [0.05, 0.1) is 21.2 Å². The molecule has 0 radical (unpaired) electrons. The summed E-state index contributed by atoms with van der Waals surface area (Å²) in [5.41, 5.74) is 1.05. The van der Waals surface area contributed by atoms with E-state index in [2.05, 4.69) is 36.8 Å². The van der Waals surface area contributed by atoms with Crippen molar-refractivity contribution in [3.63, 3.8) is 0 Å². The summed E-state index contributed by atoms with van der Waals surface area (Å²) in [5, 5.41) is 0.440. The van der Waals surface area contributed by atoms with E-state index in [1.54, 1.807) is 19.1 Å². The average molecular weight is 363 g/mol. The molecule has 6 heteroatoms. The van der Waals surface area contributed by atoms with Crippen LogP contribution in [0, 0.1) is 0 Å². The highest BCUT2D eigenvalue weighted by molar-refractivity contribution is 9.24. The zero-order valence-corrected chi connectivity index (χ0v) is 12.1. The molecular weight excluding hydrogens is 354 g/mol. The van der Waals surface area contributed by atoms with Crippen molar-refractivity contribution in [3.05, 3.63) is 34.2 Å². The van der Waals surface area contributed by atoms with E-state index in [0.29, 0.717) is 17.5 Å². The van der Waals surface area contributed by atoms with Gasteiger partial charge in [0.1, 0.15) is 0 Å². The molecule has 4 nitrogen and oxygen atoms in total. The Balaban J connectivity index is 2.60. The SMILES string of the molecule is CCOc1nc2ccc(C(Br)Br)cc2c(=O)o1. The minimum Gasteiger partial charge on any atom is -0.450 e. The van der Waals surface area contributed by atoms with Crippen LogP contribution in [0.5, 0.6) is 6.08 Å². The maximum Gasteiger partial charge on any atom is 0.397 e. The predicted octanol–water partition coefficient (Wildman–Crippen LogP) is 3.38. The minimum atomic E-state index is -0.444. The van der Waals surface area contributed by atoms with Crippen LogP contribution < -0.4 is 10.4 Å². The molecule has 90 valence electrons. The quantitative estimate of drug-likeness (QED) is 0.785. The third-order valence-electron chi connectivity index (χ3n) is 2.15. The van der Waals surface area contributed by atoms with Crippen LogP contribution >= 0.6 is 31.9 Å². The molecule has 2 rings (SSSR count). The van der Waals surface area contributed by atoms with Gasteiger partial charge in [0.25, 0.3) is 0 Å². The predicted molar refractivity (Wildman–Crippen MR) is 72.0 cm³/mol. The van der Waals surface area contributed by atoms with E-state index < -0.39 is 5.63 Å². The standard InChI is InChI=1S/C11H9Br2NO3/c1-2-16-11-14-8-4-3-6(9(12)13)5-7(8)10(15)17-11/h3-5,9H,2H2,1H3. The Morgan fingerprint density at radius 3 is 2.88 bits per heavy atom. The lowest BCUT2D eigenvalue weighted by Gasteiger charge is -2.04. The molecule has 17 heavy (non-hydrogen) atoms. The molecule has 1 aromatic carbocycles. The van der Waals surface area contributed by atoms with Gasteiger partial charge in [0, 0.05) is 0 Å². The summed E-state index contributed by atoms with van der Waals surface area (Å²) < 4.78 is 10.0. The third kappa shape index (κ3) is 2.69. The van der Waals surface area contributed by atoms with Gasteiger partial charge in [0.2, 0.25) is 0 Å². The maximum absolute atomic E-state index is 11.7. The van der Waals surface area contributed by atoms with Crippen molar-refractivity contribution in [2.24, 2.45) is 0 Å². The first-order valence-electron chi connectivity index (χ1n) is 4.97. The van der Waals surface area contributed by atoms with Crippen LogP contribution in [0.25, 0.3) is 10.9 Å². The van der Waals surface area contributed by atoms with Gasteiger partial charge in [-0.1, -0.05) is 37.9 Å². The molecule has 0 aliphatic rings. The molecular formula is C11H9Br2NO3. The molecule has 0 aliphatic heterocycles. The number of aromatic nitrogens is 1. The summed E-state index contributed by atoms with van der Waals surface area (Å²) in [5.74, 6) is 0. The van der Waals surface area contributed by atoms with Crippen molar-refractivity contribution in [2.45, 2.75) is 10.7 Å². The first-order chi connectivity index (χ1) is 8.11. The van der Waals surface area contributed by atoms with E-state index in [4.69, 9.17) is 9.15 Å². The molecule has 0 bridgehead atoms. The number of ether oxygens (including phenoxy) is 1. The molecule has 0 saturated heterocycles. The molecule has 0 amide bonds. The zero-order chi connectivity index (χ0) is 12.4. The maximum atomic E-state index is 11.7. The van der Waals surface area contributed by atoms with E-state index in [-0.39, 0.29) is 9.81 Å². The van der Waals surface area contributed by atoms with Gasteiger partial charge in [-0.05, 0) is 24.6 Å². The van der Waals surface area contributed by atoms with Gasteiger partial charge in [-0.25, -0.2) is 4.79 Å². The molecule has 0 spiro atoms. The Bertz CT molecular complexity index is 595. The van der Waals surface area contributed by atoms with Crippen molar-refractivity contribution in [1.29, 1.82) is 0 Å². The van der Waals surface area contributed by atoms with Crippen molar-refractivity contribution in [3.8, 4) is 6.08 Å². The summed E-state index contributed by atoms with van der Waals surface area (Å²) in [7, 11) is 0. The number of benzene rings is 1. The van der Waals surface area contributed by atoms with Crippen LogP contribution in [0.15, 0.2) is 27.4 Å². The lowest BCUT2D eigenvalue weighted by molar-refractivity contribution is 0.229. The third-order valence-corrected chi connectivity index (χ3v) is 3.21. The van der Waals surface area contributed by atoms with Gasteiger partial charge in [0.15, 0.2) is 0 Å². The van der Waals surface area contributed by atoms with Crippen LogP contribution in [0.4, 0.5) is 0 Å². The fourth-order valence-corrected chi connectivity index (χ4v) is 1.96. The lowest BCUT2D eigenvalue weighted by atomic mass is 10.2. The Kier molecular flexibility index (Phi) is 3.83. The number of hydrogen-bond donors (Lipinski definition) is 0. The van der Waals surface area contributed by atoms with Gasteiger partial charge >= 0.3 is 11.7 Å². The summed E-state index contributed by atoms with van der Waals surface area (Å²) in [6.07, 6.45) is 0.00647. The van der Waals surface area contributed by atoms with Gasteiger partial charge < -0.3 is 9.15 Å². The van der Waals surface area contributed by atoms with Crippen LogP contribution in [0.3, 0.4) is 0 Å². The van der Waals surface area contributed by atoms with Crippen LogP contribution in [-0.4, -0.2) is 11.6 Å². The second-order valence-electron chi connectivity index (χ2n) is 3.28. The fourth-order valence-electron chi connectivity index (χ4n) is 1.39. The van der Waals surface area contributed by atoms with Crippen molar-refractivity contribution in [2.75, 3.05) is 6.61 Å². The van der Waals surface area contributed by atoms with Crippen LogP contribution in [0.1, 0.15) is 16.2 Å². The zero-order valence-electron chi connectivity index (χ0n) is 8.94. The smallest absolute Gasteiger partial charge is 0.397 e. The highest BCUT2D eigenvalue weighted by Crippen LogP contribution is 2.30. The van der Waals surface area contributed by atoms with Gasteiger partial charge in [-0.2, -0.15) is 4.98 Å². The second-order valence-corrected chi connectivity index (χ2v) is 6.34. The van der Waals surface area contributed by atoms with Crippen LogP contribution in [0.2, 0.25) is 0 Å². The van der Waals surface area contributed by atoms with E-state index in [9.17, 15) is 4.79 Å². The van der Waals surface area contributed by atoms with E-state index in [1.165, 1.54) is 0 Å². The van der Waals surface area contributed by atoms with E-state index in [1.807, 2.05) is 6.07 Å². The second kappa shape index (κ2) is 5.18. The molecule has 1 heterocycles. The van der Waals surface area contributed by atoms with E-state index >= 15 is 0 Å². The Morgan fingerprint density at radius 2 is 2.24 bits per heavy atom.